The van der Waals surface area contributed by atoms with Crippen LogP contribution in [0.3, 0.4) is 0 Å². The fourth-order valence-electron chi connectivity index (χ4n) is 3.58. The van der Waals surface area contributed by atoms with Crippen LogP contribution >= 0.6 is 11.8 Å². The topological polar surface area (TPSA) is 96.6 Å². The molecule has 0 aliphatic carbocycles. The van der Waals surface area contributed by atoms with Gasteiger partial charge in [-0.2, -0.15) is 4.31 Å². The highest BCUT2D eigenvalue weighted by atomic mass is 32.2. The van der Waals surface area contributed by atoms with Crippen LogP contribution in [0.2, 0.25) is 0 Å². The second-order valence-electron chi connectivity index (χ2n) is 8.06. The molecule has 0 bridgehead atoms. The van der Waals surface area contributed by atoms with Crippen LogP contribution in [0.5, 0.6) is 0 Å². The zero-order valence-electron chi connectivity index (χ0n) is 18.8. The molecule has 2 heterocycles. The number of nitrogens with zero attached hydrogens (tertiary/aromatic N) is 4. The first-order valence-corrected chi connectivity index (χ1v) is 13.0. The molecule has 8 nitrogen and oxygen atoms in total. The van der Waals surface area contributed by atoms with Gasteiger partial charge in [0.15, 0.2) is 0 Å². The molecule has 0 saturated carbocycles. The maximum atomic E-state index is 13.0. The summed E-state index contributed by atoms with van der Waals surface area (Å²) in [6, 6.07) is 12.9. The summed E-state index contributed by atoms with van der Waals surface area (Å²) in [5, 5.41) is 8.41. The van der Waals surface area contributed by atoms with E-state index in [0.29, 0.717) is 29.1 Å². The molecule has 1 aromatic heterocycles. The number of carbonyl (C=O) groups is 1. The predicted octanol–water partition coefficient (Wildman–Crippen LogP) is 3.29. The maximum Gasteiger partial charge on any atom is 0.277 e. The van der Waals surface area contributed by atoms with Gasteiger partial charge in [0.2, 0.25) is 21.8 Å². The van der Waals surface area contributed by atoms with Crippen molar-refractivity contribution >= 4 is 27.7 Å². The van der Waals surface area contributed by atoms with Gasteiger partial charge in [0.25, 0.3) is 5.22 Å². The summed E-state index contributed by atoms with van der Waals surface area (Å²) in [5.74, 6) is 0.483. The molecule has 1 saturated heterocycles. The Kier molecular flexibility index (Phi) is 6.87. The Hall–Kier alpha value is -2.69. The van der Waals surface area contributed by atoms with E-state index in [4.69, 9.17) is 4.42 Å². The zero-order valence-corrected chi connectivity index (χ0v) is 20.4. The molecule has 2 aromatic carbocycles. The third kappa shape index (κ3) is 5.29. The van der Waals surface area contributed by atoms with E-state index in [0.717, 1.165) is 22.3 Å². The molecule has 10 heteroatoms. The third-order valence-electron chi connectivity index (χ3n) is 5.70. The van der Waals surface area contributed by atoms with Crippen LogP contribution in [0, 0.1) is 20.8 Å². The number of hydrogen-bond acceptors (Lipinski definition) is 7. The number of thioether (sulfide) groups is 1. The fourth-order valence-corrected chi connectivity index (χ4v) is 5.75. The zero-order chi connectivity index (χ0) is 23.6. The molecule has 1 amide bonds. The molecule has 174 valence electrons. The van der Waals surface area contributed by atoms with Crippen molar-refractivity contribution in [3.63, 3.8) is 0 Å². The van der Waals surface area contributed by atoms with E-state index >= 15 is 0 Å². The monoisotopic (exact) mass is 486 g/mol. The van der Waals surface area contributed by atoms with Gasteiger partial charge < -0.3 is 9.32 Å². The van der Waals surface area contributed by atoms with Gasteiger partial charge in [-0.1, -0.05) is 35.5 Å². The van der Waals surface area contributed by atoms with Crippen molar-refractivity contribution in [1.82, 2.24) is 19.4 Å². The average molecular weight is 487 g/mol. The molecule has 4 rings (SSSR count). The third-order valence-corrected chi connectivity index (χ3v) is 8.40. The van der Waals surface area contributed by atoms with Gasteiger partial charge in [-0.25, -0.2) is 8.42 Å². The SMILES string of the molecule is Cc1cccc(-c2nnc(SCC(=O)N3CCN(S(=O)(=O)c4ccc(C)c(C)c4)CC3)o2)c1. The van der Waals surface area contributed by atoms with Gasteiger partial charge >= 0.3 is 0 Å². The number of piperazine rings is 1. The van der Waals surface area contributed by atoms with Crippen molar-refractivity contribution < 1.29 is 17.6 Å². The first-order chi connectivity index (χ1) is 15.7. The number of aryl methyl sites for hydroxylation is 3. The minimum atomic E-state index is -3.58. The Bertz CT molecular complexity index is 1260. The molecule has 0 N–H and O–H groups in total. The number of hydrogen-bond donors (Lipinski definition) is 0. The van der Waals surface area contributed by atoms with Gasteiger partial charge in [-0.3, -0.25) is 4.79 Å². The summed E-state index contributed by atoms with van der Waals surface area (Å²) in [5.41, 5.74) is 3.91. The largest absolute Gasteiger partial charge is 0.411 e. The van der Waals surface area contributed by atoms with E-state index in [1.807, 2.05) is 51.1 Å². The fraction of sp³-hybridized carbons (Fsp3) is 0.348. The summed E-state index contributed by atoms with van der Waals surface area (Å²) in [7, 11) is -3.58. The number of amides is 1. The molecule has 1 aliphatic heterocycles. The van der Waals surface area contributed by atoms with Gasteiger partial charge in [-0.05, 0) is 56.2 Å². The Balaban J connectivity index is 1.31. The lowest BCUT2D eigenvalue weighted by Crippen LogP contribution is -2.50. The normalized spacial score (nSPS) is 15.1. The average Bonchev–Trinajstić information content (AvgIpc) is 3.28. The molecule has 0 atom stereocenters. The van der Waals surface area contributed by atoms with Crippen molar-refractivity contribution in [2.24, 2.45) is 0 Å². The molecule has 0 spiro atoms. The van der Waals surface area contributed by atoms with Crippen LogP contribution in [0.15, 0.2) is 57.0 Å². The van der Waals surface area contributed by atoms with E-state index in [-0.39, 0.29) is 24.7 Å². The number of sulfonamides is 1. The van der Waals surface area contributed by atoms with E-state index in [9.17, 15) is 13.2 Å². The summed E-state index contributed by atoms with van der Waals surface area (Å²) < 4.78 is 33.1. The lowest BCUT2D eigenvalue weighted by atomic mass is 10.1. The highest BCUT2D eigenvalue weighted by Gasteiger charge is 2.30. The van der Waals surface area contributed by atoms with Crippen LogP contribution < -0.4 is 0 Å². The maximum absolute atomic E-state index is 13.0. The number of aromatic nitrogens is 2. The van der Waals surface area contributed by atoms with Crippen molar-refractivity contribution in [2.75, 3.05) is 31.9 Å². The quantitative estimate of drug-likeness (QED) is 0.493. The number of rotatable bonds is 6. The smallest absolute Gasteiger partial charge is 0.277 e. The van der Waals surface area contributed by atoms with Gasteiger partial charge in [-0.15, -0.1) is 10.2 Å². The second kappa shape index (κ2) is 9.66. The first-order valence-electron chi connectivity index (χ1n) is 10.6. The van der Waals surface area contributed by atoms with Crippen LogP contribution in [-0.2, 0) is 14.8 Å². The highest BCUT2D eigenvalue weighted by Crippen LogP contribution is 2.25. The molecular weight excluding hydrogens is 460 g/mol. The van der Waals surface area contributed by atoms with Gasteiger partial charge in [0.1, 0.15) is 0 Å². The first kappa shape index (κ1) is 23.5. The molecule has 0 unspecified atom stereocenters. The molecular formula is C23H26N4O4S2. The van der Waals surface area contributed by atoms with Crippen molar-refractivity contribution in [2.45, 2.75) is 30.9 Å². The molecule has 3 aromatic rings. The van der Waals surface area contributed by atoms with Crippen LogP contribution in [0.1, 0.15) is 16.7 Å². The summed E-state index contributed by atoms with van der Waals surface area (Å²) in [4.78, 5) is 14.6. The minimum Gasteiger partial charge on any atom is -0.411 e. The Labute approximate surface area is 198 Å². The van der Waals surface area contributed by atoms with Crippen molar-refractivity contribution in [1.29, 1.82) is 0 Å². The van der Waals surface area contributed by atoms with Crippen LogP contribution in [0.4, 0.5) is 0 Å². The van der Waals surface area contributed by atoms with E-state index in [1.165, 1.54) is 16.1 Å². The predicted molar refractivity (Wildman–Crippen MR) is 126 cm³/mol. The second-order valence-corrected chi connectivity index (χ2v) is 10.9. The minimum absolute atomic E-state index is 0.0847. The van der Waals surface area contributed by atoms with Crippen LogP contribution in [0.25, 0.3) is 11.5 Å². The van der Waals surface area contributed by atoms with Crippen LogP contribution in [-0.4, -0.2) is 65.7 Å². The Morgan fingerprint density at radius 3 is 2.45 bits per heavy atom. The van der Waals surface area contributed by atoms with Crippen molar-refractivity contribution in [3.8, 4) is 11.5 Å². The summed E-state index contributed by atoms with van der Waals surface area (Å²) in [6.07, 6.45) is 0. The van der Waals surface area contributed by atoms with E-state index in [2.05, 4.69) is 10.2 Å². The summed E-state index contributed by atoms with van der Waals surface area (Å²) in [6.45, 7) is 7.07. The lowest BCUT2D eigenvalue weighted by Gasteiger charge is -2.34. The molecule has 33 heavy (non-hydrogen) atoms. The number of benzene rings is 2. The van der Waals surface area contributed by atoms with Gasteiger partial charge in [0.05, 0.1) is 10.6 Å². The Morgan fingerprint density at radius 2 is 1.76 bits per heavy atom. The van der Waals surface area contributed by atoms with Crippen molar-refractivity contribution in [3.05, 3.63) is 59.2 Å². The lowest BCUT2D eigenvalue weighted by molar-refractivity contribution is -0.129. The number of carbonyl (C=O) groups excluding carboxylic acids is 1. The highest BCUT2D eigenvalue weighted by molar-refractivity contribution is 7.99. The standard InChI is InChI=1S/C23H26N4O4S2/c1-16-5-4-6-19(13-16)22-24-25-23(31-22)32-15-21(28)26-9-11-27(12-10-26)33(29,30)20-8-7-17(2)18(3)14-20/h4-8,13-14H,9-12,15H2,1-3H3. The van der Waals surface area contributed by atoms with E-state index in [1.54, 1.807) is 17.0 Å². The summed E-state index contributed by atoms with van der Waals surface area (Å²) >= 11 is 1.18. The van der Waals surface area contributed by atoms with Gasteiger partial charge in [0, 0.05) is 31.7 Å². The molecule has 0 radical (unpaired) electrons. The molecule has 1 aliphatic rings. The van der Waals surface area contributed by atoms with E-state index < -0.39 is 10.0 Å². The molecule has 1 fully saturated rings. The Morgan fingerprint density at radius 1 is 1.00 bits per heavy atom.